The molecular weight excluding hydrogens is 198 g/mol. The van der Waals surface area contributed by atoms with Crippen molar-refractivity contribution in [1.29, 1.82) is 0 Å². The maximum Gasteiger partial charge on any atom is 0.202 e. The van der Waals surface area contributed by atoms with Crippen molar-refractivity contribution in [3.8, 4) is 0 Å². The Labute approximate surface area is 87.5 Å². The van der Waals surface area contributed by atoms with Crippen molar-refractivity contribution < 1.29 is 5.11 Å². The Bertz CT molecular complexity index is 302. The number of nitrogens with one attached hydrogen (secondary N) is 1. The van der Waals surface area contributed by atoms with Gasteiger partial charge in [0.2, 0.25) is 5.13 Å². The molecule has 1 aromatic rings. The first-order valence-corrected chi connectivity index (χ1v) is 5.74. The van der Waals surface area contributed by atoms with Gasteiger partial charge in [0.1, 0.15) is 5.82 Å². The van der Waals surface area contributed by atoms with Crippen molar-refractivity contribution in [3.05, 3.63) is 5.82 Å². The van der Waals surface area contributed by atoms with Gasteiger partial charge in [-0.25, -0.2) is 4.98 Å². The lowest BCUT2D eigenvalue weighted by molar-refractivity contribution is 0.222. The van der Waals surface area contributed by atoms with E-state index in [0.717, 1.165) is 23.8 Å². The summed E-state index contributed by atoms with van der Waals surface area (Å²) in [4.78, 5) is 4.26. The van der Waals surface area contributed by atoms with Crippen LogP contribution in [-0.2, 0) is 0 Å². The fourth-order valence-corrected chi connectivity index (χ4v) is 2.60. The highest BCUT2D eigenvalue weighted by molar-refractivity contribution is 7.09. The molecule has 2 rings (SSSR count). The molecule has 0 aromatic carbocycles. The molecule has 1 aliphatic rings. The molecule has 78 valence electrons. The number of aromatic nitrogens is 2. The zero-order chi connectivity index (χ0) is 9.97. The van der Waals surface area contributed by atoms with Crippen molar-refractivity contribution in [2.75, 3.05) is 11.9 Å². The lowest BCUT2D eigenvalue weighted by atomic mass is 10.1. The van der Waals surface area contributed by atoms with Gasteiger partial charge in [0, 0.05) is 30.1 Å². The van der Waals surface area contributed by atoms with Crippen LogP contribution in [0.1, 0.15) is 25.1 Å². The Morgan fingerprint density at radius 3 is 3.07 bits per heavy atom. The first-order chi connectivity index (χ1) is 6.79. The molecule has 14 heavy (non-hydrogen) atoms. The van der Waals surface area contributed by atoms with Gasteiger partial charge in [-0.05, 0) is 19.8 Å². The molecule has 5 heteroatoms. The summed E-state index contributed by atoms with van der Waals surface area (Å²) in [7, 11) is 0. The van der Waals surface area contributed by atoms with Crippen molar-refractivity contribution in [1.82, 2.24) is 9.36 Å². The lowest BCUT2D eigenvalue weighted by Crippen LogP contribution is -2.26. The number of aliphatic hydroxyl groups excluding tert-OH is 1. The van der Waals surface area contributed by atoms with E-state index in [-0.39, 0.29) is 6.61 Å². The van der Waals surface area contributed by atoms with Gasteiger partial charge in [-0.1, -0.05) is 6.42 Å². The smallest absolute Gasteiger partial charge is 0.202 e. The SMILES string of the molecule is Cc1nsc(N[C@@H]2CCC[C@H]2CO)n1. The summed E-state index contributed by atoms with van der Waals surface area (Å²) in [5, 5.41) is 13.4. The zero-order valence-corrected chi connectivity index (χ0v) is 9.05. The summed E-state index contributed by atoms with van der Waals surface area (Å²) in [5.74, 6) is 1.20. The largest absolute Gasteiger partial charge is 0.396 e. The predicted molar refractivity (Wildman–Crippen MR) is 56.5 cm³/mol. The number of hydrogen-bond donors (Lipinski definition) is 2. The number of aliphatic hydroxyl groups is 1. The molecule has 1 aromatic heterocycles. The van der Waals surface area contributed by atoms with Gasteiger partial charge in [0.25, 0.3) is 0 Å². The molecule has 2 N–H and O–H groups in total. The Balaban J connectivity index is 1.96. The summed E-state index contributed by atoms with van der Waals surface area (Å²) in [6, 6.07) is 0.382. The minimum atomic E-state index is 0.273. The molecule has 0 amide bonds. The summed E-state index contributed by atoms with van der Waals surface area (Å²) < 4.78 is 4.12. The topological polar surface area (TPSA) is 58.0 Å². The van der Waals surface area contributed by atoms with E-state index in [1.807, 2.05) is 6.92 Å². The van der Waals surface area contributed by atoms with Gasteiger partial charge in [0.15, 0.2) is 0 Å². The number of anilines is 1. The van der Waals surface area contributed by atoms with E-state index in [0.29, 0.717) is 12.0 Å². The third kappa shape index (κ3) is 2.04. The molecule has 1 saturated carbocycles. The van der Waals surface area contributed by atoms with Crippen LogP contribution in [0, 0.1) is 12.8 Å². The van der Waals surface area contributed by atoms with E-state index in [1.165, 1.54) is 18.0 Å². The summed E-state index contributed by atoms with van der Waals surface area (Å²) >= 11 is 1.40. The quantitative estimate of drug-likeness (QED) is 0.797. The fraction of sp³-hybridized carbons (Fsp3) is 0.778. The second kappa shape index (κ2) is 4.23. The van der Waals surface area contributed by atoms with Crippen LogP contribution < -0.4 is 5.32 Å². The standard InChI is InChI=1S/C9H15N3OS/c1-6-10-9(14-12-6)11-8-4-2-3-7(8)5-13/h7-8,13H,2-5H2,1H3,(H,10,11,12)/t7-,8+/m0/s1. The van der Waals surface area contributed by atoms with Gasteiger partial charge in [-0.2, -0.15) is 4.37 Å². The molecule has 2 atom stereocenters. The van der Waals surface area contributed by atoms with Crippen LogP contribution in [0.15, 0.2) is 0 Å². The minimum Gasteiger partial charge on any atom is -0.396 e. The second-order valence-corrected chi connectivity index (χ2v) is 4.52. The first kappa shape index (κ1) is 9.86. The summed E-state index contributed by atoms with van der Waals surface area (Å²) in [6.07, 6.45) is 3.44. The van der Waals surface area contributed by atoms with Crippen LogP contribution >= 0.6 is 11.5 Å². The summed E-state index contributed by atoms with van der Waals surface area (Å²) in [6.45, 7) is 2.16. The van der Waals surface area contributed by atoms with Crippen LogP contribution in [0.5, 0.6) is 0 Å². The average molecular weight is 213 g/mol. The van der Waals surface area contributed by atoms with Crippen LogP contribution in [0.4, 0.5) is 5.13 Å². The number of hydrogen-bond acceptors (Lipinski definition) is 5. The minimum absolute atomic E-state index is 0.273. The highest BCUT2D eigenvalue weighted by Gasteiger charge is 2.26. The third-order valence-corrected chi connectivity index (χ3v) is 3.47. The van der Waals surface area contributed by atoms with Crippen LogP contribution in [0.2, 0.25) is 0 Å². The van der Waals surface area contributed by atoms with E-state index in [1.54, 1.807) is 0 Å². The highest BCUT2D eigenvalue weighted by atomic mass is 32.1. The fourth-order valence-electron chi connectivity index (χ4n) is 1.96. The van der Waals surface area contributed by atoms with E-state index >= 15 is 0 Å². The van der Waals surface area contributed by atoms with E-state index < -0.39 is 0 Å². The second-order valence-electron chi connectivity index (χ2n) is 3.77. The van der Waals surface area contributed by atoms with Gasteiger partial charge >= 0.3 is 0 Å². The van der Waals surface area contributed by atoms with Crippen molar-refractivity contribution in [3.63, 3.8) is 0 Å². The lowest BCUT2D eigenvalue weighted by Gasteiger charge is -2.17. The molecular formula is C9H15N3OS. The molecule has 1 fully saturated rings. The van der Waals surface area contributed by atoms with Crippen LogP contribution in [-0.4, -0.2) is 27.1 Å². The van der Waals surface area contributed by atoms with Crippen LogP contribution in [0.25, 0.3) is 0 Å². The van der Waals surface area contributed by atoms with Gasteiger partial charge in [0.05, 0.1) is 0 Å². The molecule has 0 bridgehead atoms. The monoisotopic (exact) mass is 213 g/mol. The Morgan fingerprint density at radius 1 is 1.57 bits per heavy atom. The molecule has 0 saturated heterocycles. The Morgan fingerprint density at radius 2 is 2.43 bits per heavy atom. The van der Waals surface area contributed by atoms with Gasteiger partial charge in [-0.15, -0.1) is 0 Å². The maximum absolute atomic E-state index is 9.15. The third-order valence-electron chi connectivity index (χ3n) is 2.73. The molecule has 4 nitrogen and oxygen atoms in total. The van der Waals surface area contributed by atoms with Crippen molar-refractivity contribution in [2.24, 2.45) is 5.92 Å². The first-order valence-electron chi connectivity index (χ1n) is 4.97. The van der Waals surface area contributed by atoms with E-state index in [2.05, 4.69) is 14.7 Å². The summed E-state index contributed by atoms with van der Waals surface area (Å²) in [5.41, 5.74) is 0. The van der Waals surface area contributed by atoms with Crippen molar-refractivity contribution in [2.45, 2.75) is 32.2 Å². The molecule has 0 radical (unpaired) electrons. The molecule has 1 heterocycles. The zero-order valence-electron chi connectivity index (χ0n) is 8.23. The maximum atomic E-state index is 9.15. The van der Waals surface area contributed by atoms with E-state index in [9.17, 15) is 0 Å². The highest BCUT2D eigenvalue weighted by Crippen LogP contribution is 2.28. The average Bonchev–Trinajstić information content (AvgIpc) is 2.76. The number of aryl methyl sites for hydroxylation is 1. The molecule has 1 aliphatic carbocycles. The van der Waals surface area contributed by atoms with Crippen LogP contribution in [0.3, 0.4) is 0 Å². The number of nitrogens with zero attached hydrogens (tertiary/aromatic N) is 2. The molecule has 0 aliphatic heterocycles. The van der Waals surface area contributed by atoms with Gasteiger partial charge < -0.3 is 10.4 Å². The molecule has 0 spiro atoms. The Hall–Kier alpha value is -0.680. The number of rotatable bonds is 3. The van der Waals surface area contributed by atoms with Crippen molar-refractivity contribution >= 4 is 16.7 Å². The van der Waals surface area contributed by atoms with Gasteiger partial charge in [-0.3, -0.25) is 0 Å². The predicted octanol–water partition coefficient (Wildman–Crippen LogP) is 1.42. The van der Waals surface area contributed by atoms with E-state index in [4.69, 9.17) is 5.11 Å². The Kier molecular flexibility index (Phi) is 2.98. The molecule has 0 unspecified atom stereocenters. The normalized spacial score (nSPS) is 26.7.